The van der Waals surface area contributed by atoms with Gasteiger partial charge < -0.3 is 14.8 Å². The standard InChI is InChI=1S/C16H25NO3/c1-6-13(16(18)17-12(4)11(2)3)20-15-10-8-7-9-14(15)19-5/h7-13H,6H2,1-5H3,(H,17,18)/t12-,13+/m0/s1. The van der Waals surface area contributed by atoms with Crippen LogP contribution < -0.4 is 14.8 Å². The number of hydrogen-bond acceptors (Lipinski definition) is 3. The SMILES string of the molecule is CC[C@@H](Oc1ccccc1OC)C(=O)N[C@@H](C)C(C)C. The maximum absolute atomic E-state index is 12.2. The molecule has 0 aliphatic carbocycles. The molecule has 1 aromatic carbocycles. The number of ether oxygens (including phenoxy) is 2. The van der Waals surface area contributed by atoms with Crippen molar-refractivity contribution < 1.29 is 14.3 Å². The fourth-order valence-corrected chi connectivity index (χ4v) is 1.68. The molecule has 4 nitrogen and oxygen atoms in total. The van der Waals surface area contributed by atoms with Crippen LogP contribution >= 0.6 is 0 Å². The molecule has 0 saturated heterocycles. The predicted molar refractivity (Wildman–Crippen MR) is 80.1 cm³/mol. The summed E-state index contributed by atoms with van der Waals surface area (Å²) in [4.78, 5) is 12.2. The molecule has 1 N–H and O–H groups in total. The van der Waals surface area contributed by atoms with Crippen LogP contribution in [0.25, 0.3) is 0 Å². The van der Waals surface area contributed by atoms with E-state index in [9.17, 15) is 4.79 Å². The quantitative estimate of drug-likeness (QED) is 0.834. The van der Waals surface area contributed by atoms with Crippen molar-refractivity contribution >= 4 is 5.91 Å². The lowest BCUT2D eigenvalue weighted by atomic mass is 10.1. The zero-order valence-electron chi connectivity index (χ0n) is 13.0. The Labute approximate surface area is 121 Å². The molecule has 2 atom stereocenters. The first-order chi connectivity index (χ1) is 9.49. The molecule has 1 aromatic rings. The Hall–Kier alpha value is -1.71. The minimum absolute atomic E-state index is 0.0837. The van der Waals surface area contributed by atoms with Gasteiger partial charge in [-0.05, 0) is 31.4 Å². The first kappa shape index (κ1) is 16.3. The van der Waals surface area contributed by atoms with Gasteiger partial charge in [0.2, 0.25) is 0 Å². The minimum atomic E-state index is -0.507. The molecule has 20 heavy (non-hydrogen) atoms. The summed E-state index contributed by atoms with van der Waals surface area (Å²) in [6.07, 6.45) is 0.0989. The lowest BCUT2D eigenvalue weighted by Gasteiger charge is -2.23. The Balaban J connectivity index is 2.74. The van der Waals surface area contributed by atoms with Gasteiger partial charge in [-0.1, -0.05) is 32.9 Å². The monoisotopic (exact) mass is 279 g/mol. The number of carbonyl (C=O) groups is 1. The van der Waals surface area contributed by atoms with Gasteiger partial charge in [0.15, 0.2) is 17.6 Å². The molecule has 0 spiro atoms. The van der Waals surface area contributed by atoms with Crippen molar-refractivity contribution in [3.8, 4) is 11.5 Å². The number of carbonyl (C=O) groups excluding carboxylic acids is 1. The predicted octanol–water partition coefficient (Wildman–Crippen LogP) is 3.01. The second kappa shape index (κ2) is 7.78. The van der Waals surface area contributed by atoms with Crippen molar-refractivity contribution in [3.63, 3.8) is 0 Å². The van der Waals surface area contributed by atoms with E-state index in [2.05, 4.69) is 19.2 Å². The molecular formula is C16H25NO3. The topological polar surface area (TPSA) is 47.6 Å². The van der Waals surface area contributed by atoms with Crippen LogP contribution in [-0.4, -0.2) is 25.2 Å². The van der Waals surface area contributed by atoms with E-state index in [4.69, 9.17) is 9.47 Å². The average Bonchev–Trinajstić information content (AvgIpc) is 2.44. The van der Waals surface area contributed by atoms with E-state index in [0.717, 1.165) is 0 Å². The first-order valence-electron chi connectivity index (χ1n) is 7.09. The van der Waals surface area contributed by atoms with E-state index >= 15 is 0 Å². The maximum Gasteiger partial charge on any atom is 0.261 e. The molecular weight excluding hydrogens is 254 g/mol. The molecule has 0 aliphatic rings. The Morgan fingerprint density at radius 2 is 1.80 bits per heavy atom. The van der Waals surface area contributed by atoms with Gasteiger partial charge >= 0.3 is 0 Å². The lowest BCUT2D eigenvalue weighted by molar-refractivity contribution is -0.129. The van der Waals surface area contributed by atoms with Crippen molar-refractivity contribution in [2.45, 2.75) is 46.3 Å². The van der Waals surface area contributed by atoms with E-state index < -0.39 is 6.10 Å². The first-order valence-corrected chi connectivity index (χ1v) is 7.09. The van der Waals surface area contributed by atoms with E-state index in [0.29, 0.717) is 23.8 Å². The Bertz CT molecular complexity index is 431. The summed E-state index contributed by atoms with van der Waals surface area (Å²) in [6.45, 7) is 8.08. The van der Waals surface area contributed by atoms with Crippen molar-refractivity contribution in [2.75, 3.05) is 7.11 Å². The van der Waals surface area contributed by atoms with Gasteiger partial charge in [0.1, 0.15) is 0 Å². The summed E-state index contributed by atoms with van der Waals surface area (Å²) in [5, 5.41) is 2.98. The molecule has 0 unspecified atom stereocenters. The largest absolute Gasteiger partial charge is 0.493 e. The molecule has 0 aliphatic heterocycles. The summed E-state index contributed by atoms with van der Waals surface area (Å²) in [5.74, 6) is 1.53. The number of hydrogen-bond donors (Lipinski definition) is 1. The van der Waals surface area contributed by atoms with E-state index in [1.807, 2.05) is 32.0 Å². The fraction of sp³-hybridized carbons (Fsp3) is 0.562. The molecule has 1 amide bonds. The van der Waals surface area contributed by atoms with E-state index in [-0.39, 0.29) is 11.9 Å². The Morgan fingerprint density at radius 3 is 2.30 bits per heavy atom. The number of methoxy groups -OCH3 is 1. The van der Waals surface area contributed by atoms with Crippen LogP contribution in [0.15, 0.2) is 24.3 Å². The van der Waals surface area contributed by atoms with Crippen molar-refractivity contribution in [3.05, 3.63) is 24.3 Å². The van der Waals surface area contributed by atoms with Crippen LogP contribution in [-0.2, 0) is 4.79 Å². The highest BCUT2D eigenvalue weighted by atomic mass is 16.5. The normalized spacial score (nSPS) is 13.7. The molecule has 0 bridgehead atoms. The molecule has 4 heteroatoms. The Morgan fingerprint density at radius 1 is 1.20 bits per heavy atom. The maximum atomic E-state index is 12.2. The van der Waals surface area contributed by atoms with Crippen molar-refractivity contribution in [1.29, 1.82) is 0 Å². The number of nitrogens with one attached hydrogen (secondary N) is 1. The van der Waals surface area contributed by atoms with Gasteiger partial charge in [0.25, 0.3) is 5.91 Å². The molecule has 112 valence electrons. The van der Waals surface area contributed by atoms with E-state index in [1.165, 1.54) is 0 Å². The fourth-order valence-electron chi connectivity index (χ4n) is 1.68. The van der Waals surface area contributed by atoms with Crippen LogP contribution in [0.5, 0.6) is 11.5 Å². The second-order valence-corrected chi connectivity index (χ2v) is 5.21. The number of amides is 1. The molecule has 0 fully saturated rings. The zero-order valence-corrected chi connectivity index (χ0v) is 13.0. The molecule has 0 radical (unpaired) electrons. The van der Waals surface area contributed by atoms with Crippen molar-refractivity contribution in [1.82, 2.24) is 5.32 Å². The third kappa shape index (κ3) is 4.44. The van der Waals surface area contributed by atoms with Gasteiger partial charge in [-0.2, -0.15) is 0 Å². The number of benzene rings is 1. The smallest absolute Gasteiger partial charge is 0.261 e. The van der Waals surface area contributed by atoms with Gasteiger partial charge in [-0.3, -0.25) is 4.79 Å². The summed E-state index contributed by atoms with van der Waals surface area (Å²) in [5.41, 5.74) is 0. The van der Waals surface area contributed by atoms with Crippen LogP contribution in [0.3, 0.4) is 0 Å². The highest BCUT2D eigenvalue weighted by Gasteiger charge is 2.22. The molecule has 0 heterocycles. The minimum Gasteiger partial charge on any atom is -0.493 e. The van der Waals surface area contributed by atoms with Crippen LogP contribution in [0.1, 0.15) is 34.1 Å². The second-order valence-electron chi connectivity index (χ2n) is 5.21. The van der Waals surface area contributed by atoms with Crippen LogP contribution in [0.2, 0.25) is 0 Å². The average molecular weight is 279 g/mol. The highest BCUT2D eigenvalue weighted by molar-refractivity contribution is 5.81. The zero-order chi connectivity index (χ0) is 15.1. The number of rotatable bonds is 7. The number of para-hydroxylation sites is 2. The van der Waals surface area contributed by atoms with E-state index in [1.54, 1.807) is 13.2 Å². The molecule has 0 aromatic heterocycles. The van der Waals surface area contributed by atoms with Gasteiger partial charge in [0, 0.05) is 6.04 Å². The van der Waals surface area contributed by atoms with Gasteiger partial charge in [-0.15, -0.1) is 0 Å². The third-order valence-corrected chi connectivity index (χ3v) is 3.37. The lowest BCUT2D eigenvalue weighted by Crippen LogP contribution is -2.44. The van der Waals surface area contributed by atoms with Gasteiger partial charge in [0.05, 0.1) is 7.11 Å². The van der Waals surface area contributed by atoms with Crippen LogP contribution in [0, 0.1) is 5.92 Å². The highest BCUT2D eigenvalue weighted by Crippen LogP contribution is 2.27. The third-order valence-electron chi connectivity index (χ3n) is 3.37. The summed E-state index contributed by atoms with van der Waals surface area (Å²) < 4.78 is 11.0. The molecule has 1 rings (SSSR count). The summed E-state index contributed by atoms with van der Waals surface area (Å²) in [6, 6.07) is 7.47. The molecule has 0 saturated carbocycles. The summed E-state index contributed by atoms with van der Waals surface area (Å²) in [7, 11) is 1.59. The van der Waals surface area contributed by atoms with Gasteiger partial charge in [-0.25, -0.2) is 0 Å². The summed E-state index contributed by atoms with van der Waals surface area (Å²) >= 11 is 0. The van der Waals surface area contributed by atoms with Crippen molar-refractivity contribution in [2.24, 2.45) is 5.92 Å². The van der Waals surface area contributed by atoms with Crippen LogP contribution in [0.4, 0.5) is 0 Å². The Kier molecular flexibility index (Phi) is 6.36.